The monoisotopic (exact) mass is 302 g/mol. The SMILES string of the molecule is COCCNC(C)(CN)CCc1ccc(OC(F)F)cc1. The van der Waals surface area contributed by atoms with E-state index in [9.17, 15) is 8.78 Å². The van der Waals surface area contributed by atoms with Crippen molar-refractivity contribution in [2.24, 2.45) is 5.73 Å². The Kier molecular flexibility index (Phi) is 7.56. The van der Waals surface area contributed by atoms with Gasteiger partial charge in [0.1, 0.15) is 5.75 Å². The van der Waals surface area contributed by atoms with Gasteiger partial charge in [-0.3, -0.25) is 0 Å². The lowest BCUT2D eigenvalue weighted by molar-refractivity contribution is -0.0498. The van der Waals surface area contributed by atoms with E-state index in [4.69, 9.17) is 10.5 Å². The van der Waals surface area contributed by atoms with Gasteiger partial charge in [0.15, 0.2) is 0 Å². The Balaban J connectivity index is 2.48. The van der Waals surface area contributed by atoms with E-state index in [2.05, 4.69) is 17.0 Å². The van der Waals surface area contributed by atoms with Crippen LogP contribution in [0.15, 0.2) is 24.3 Å². The summed E-state index contributed by atoms with van der Waals surface area (Å²) in [6.45, 7) is 1.17. The quantitative estimate of drug-likeness (QED) is 0.650. The van der Waals surface area contributed by atoms with E-state index >= 15 is 0 Å². The van der Waals surface area contributed by atoms with Crippen LogP contribution in [0.25, 0.3) is 0 Å². The molecule has 1 atom stereocenters. The van der Waals surface area contributed by atoms with Crippen molar-refractivity contribution in [1.82, 2.24) is 5.32 Å². The highest BCUT2D eigenvalue weighted by Gasteiger charge is 2.21. The Morgan fingerprint density at radius 2 is 1.95 bits per heavy atom. The lowest BCUT2D eigenvalue weighted by atomic mass is 9.93. The number of alkyl halides is 2. The number of nitrogens with two attached hydrogens (primary N) is 1. The second-order valence-corrected chi connectivity index (χ2v) is 5.21. The summed E-state index contributed by atoms with van der Waals surface area (Å²) in [5.74, 6) is 0.175. The minimum atomic E-state index is -2.79. The van der Waals surface area contributed by atoms with Gasteiger partial charge >= 0.3 is 6.61 Å². The molecule has 3 N–H and O–H groups in total. The topological polar surface area (TPSA) is 56.5 Å². The number of hydrogen-bond donors (Lipinski definition) is 2. The molecule has 1 aromatic rings. The van der Waals surface area contributed by atoms with Crippen LogP contribution < -0.4 is 15.8 Å². The van der Waals surface area contributed by atoms with E-state index < -0.39 is 6.61 Å². The lowest BCUT2D eigenvalue weighted by Gasteiger charge is -2.29. The van der Waals surface area contributed by atoms with Crippen LogP contribution in [0.2, 0.25) is 0 Å². The number of rotatable bonds is 10. The fraction of sp³-hybridized carbons (Fsp3) is 0.600. The highest BCUT2D eigenvalue weighted by atomic mass is 19.3. The number of methoxy groups -OCH3 is 1. The first-order chi connectivity index (χ1) is 9.99. The molecule has 1 rings (SSSR count). The van der Waals surface area contributed by atoms with Gasteiger partial charge in [-0.25, -0.2) is 0 Å². The predicted octanol–water partition coefficient (Wildman–Crippen LogP) is 2.17. The van der Waals surface area contributed by atoms with Crippen LogP contribution in [-0.4, -0.2) is 39.0 Å². The van der Waals surface area contributed by atoms with Crippen LogP contribution >= 0.6 is 0 Å². The molecule has 120 valence electrons. The van der Waals surface area contributed by atoms with E-state index in [0.717, 1.165) is 24.9 Å². The van der Waals surface area contributed by atoms with Crippen LogP contribution in [0, 0.1) is 0 Å². The summed E-state index contributed by atoms with van der Waals surface area (Å²) in [6, 6.07) is 6.70. The molecular weight excluding hydrogens is 278 g/mol. The summed E-state index contributed by atoms with van der Waals surface area (Å²) in [7, 11) is 1.66. The van der Waals surface area contributed by atoms with Crippen LogP contribution in [0.1, 0.15) is 18.9 Å². The normalized spacial score (nSPS) is 14.2. The number of ether oxygens (including phenoxy) is 2. The fourth-order valence-electron chi connectivity index (χ4n) is 1.98. The van der Waals surface area contributed by atoms with Crippen molar-refractivity contribution in [3.05, 3.63) is 29.8 Å². The molecule has 0 fully saturated rings. The van der Waals surface area contributed by atoms with Crippen molar-refractivity contribution >= 4 is 0 Å². The predicted molar refractivity (Wildman–Crippen MR) is 78.7 cm³/mol. The van der Waals surface area contributed by atoms with Crippen LogP contribution in [0.4, 0.5) is 8.78 Å². The Labute approximate surface area is 124 Å². The Morgan fingerprint density at radius 1 is 1.29 bits per heavy atom. The minimum Gasteiger partial charge on any atom is -0.435 e. The van der Waals surface area contributed by atoms with Gasteiger partial charge in [-0.15, -0.1) is 0 Å². The molecule has 21 heavy (non-hydrogen) atoms. The van der Waals surface area contributed by atoms with E-state index in [-0.39, 0.29) is 11.3 Å². The zero-order valence-electron chi connectivity index (χ0n) is 12.6. The van der Waals surface area contributed by atoms with Crippen molar-refractivity contribution < 1.29 is 18.3 Å². The number of nitrogens with one attached hydrogen (secondary N) is 1. The minimum absolute atomic E-state index is 0.170. The van der Waals surface area contributed by atoms with Gasteiger partial charge in [0.05, 0.1) is 6.61 Å². The Hall–Kier alpha value is -1.24. The molecule has 0 saturated heterocycles. The van der Waals surface area contributed by atoms with E-state index in [1.165, 1.54) is 0 Å². The first-order valence-electron chi connectivity index (χ1n) is 6.97. The number of halogens is 2. The Bertz CT molecular complexity index is 401. The molecule has 0 aliphatic rings. The number of hydrogen-bond acceptors (Lipinski definition) is 4. The van der Waals surface area contributed by atoms with Gasteiger partial charge in [-0.05, 0) is 37.5 Å². The number of aryl methyl sites for hydroxylation is 1. The second-order valence-electron chi connectivity index (χ2n) is 5.21. The Morgan fingerprint density at radius 3 is 2.48 bits per heavy atom. The van der Waals surface area contributed by atoms with Gasteiger partial charge in [-0.1, -0.05) is 12.1 Å². The van der Waals surface area contributed by atoms with E-state index in [0.29, 0.717) is 13.2 Å². The van der Waals surface area contributed by atoms with E-state index in [1.54, 1.807) is 31.4 Å². The van der Waals surface area contributed by atoms with Gasteiger partial charge in [-0.2, -0.15) is 8.78 Å². The van der Waals surface area contributed by atoms with Crippen LogP contribution in [0.3, 0.4) is 0 Å². The van der Waals surface area contributed by atoms with Gasteiger partial charge in [0.2, 0.25) is 0 Å². The van der Waals surface area contributed by atoms with Gasteiger partial charge < -0.3 is 20.5 Å². The first kappa shape index (κ1) is 17.8. The smallest absolute Gasteiger partial charge is 0.387 e. The van der Waals surface area contributed by atoms with Crippen molar-refractivity contribution in [2.75, 3.05) is 26.8 Å². The van der Waals surface area contributed by atoms with Crippen LogP contribution in [-0.2, 0) is 11.2 Å². The summed E-state index contributed by atoms with van der Waals surface area (Å²) in [5.41, 5.74) is 6.72. The zero-order chi connectivity index (χ0) is 15.7. The summed E-state index contributed by atoms with van der Waals surface area (Å²) < 4.78 is 33.5. The number of benzene rings is 1. The van der Waals surface area contributed by atoms with Crippen molar-refractivity contribution in [1.29, 1.82) is 0 Å². The summed E-state index contributed by atoms with van der Waals surface area (Å²) in [4.78, 5) is 0. The maximum atomic E-state index is 12.1. The molecule has 1 unspecified atom stereocenters. The molecule has 0 bridgehead atoms. The molecule has 0 heterocycles. The third kappa shape index (κ3) is 6.84. The molecule has 0 saturated carbocycles. The van der Waals surface area contributed by atoms with Crippen molar-refractivity contribution in [2.45, 2.75) is 31.9 Å². The zero-order valence-corrected chi connectivity index (χ0v) is 12.6. The molecule has 0 amide bonds. The van der Waals surface area contributed by atoms with Crippen molar-refractivity contribution in [3.8, 4) is 5.75 Å². The molecule has 6 heteroatoms. The molecule has 0 radical (unpaired) electrons. The maximum absolute atomic E-state index is 12.1. The van der Waals surface area contributed by atoms with Crippen molar-refractivity contribution in [3.63, 3.8) is 0 Å². The standard InChI is InChI=1S/C15H24F2N2O2/c1-15(11-18,19-9-10-20-2)8-7-12-3-5-13(6-4-12)21-14(16)17/h3-6,14,19H,7-11,18H2,1-2H3. The average Bonchev–Trinajstić information content (AvgIpc) is 2.46. The van der Waals surface area contributed by atoms with Crippen LogP contribution in [0.5, 0.6) is 5.75 Å². The average molecular weight is 302 g/mol. The fourth-order valence-corrected chi connectivity index (χ4v) is 1.98. The summed E-state index contributed by atoms with van der Waals surface area (Å²) in [5, 5.41) is 3.38. The third-order valence-electron chi connectivity index (χ3n) is 3.42. The molecular formula is C15H24F2N2O2. The molecule has 0 aliphatic carbocycles. The molecule has 4 nitrogen and oxygen atoms in total. The molecule has 0 aliphatic heterocycles. The van der Waals surface area contributed by atoms with E-state index in [1.807, 2.05) is 0 Å². The second kappa shape index (κ2) is 8.92. The summed E-state index contributed by atoms with van der Waals surface area (Å²) >= 11 is 0. The molecule has 0 spiro atoms. The third-order valence-corrected chi connectivity index (χ3v) is 3.42. The highest BCUT2D eigenvalue weighted by Crippen LogP contribution is 2.18. The lowest BCUT2D eigenvalue weighted by Crippen LogP contribution is -2.50. The molecule has 0 aromatic heterocycles. The molecule has 1 aromatic carbocycles. The first-order valence-corrected chi connectivity index (χ1v) is 6.97. The largest absolute Gasteiger partial charge is 0.435 e. The van der Waals surface area contributed by atoms with Gasteiger partial charge in [0.25, 0.3) is 0 Å². The summed E-state index contributed by atoms with van der Waals surface area (Å²) in [6.07, 6.45) is 1.66. The maximum Gasteiger partial charge on any atom is 0.387 e. The van der Waals surface area contributed by atoms with Gasteiger partial charge in [0, 0.05) is 25.7 Å². The highest BCUT2D eigenvalue weighted by molar-refractivity contribution is 5.27.